The Labute approximate surface area is 289 Å². The fraction of sp³-hybridized carbons (Fsp3) is 1.00. The van der Waals surface area contributed by atoms with E-state index in [1.54, 1.807) is 63.0 Å². The number of hydrogen-bond acceptors (Lipinski definition) is 1. The van der Waals surface area contributed by atoms with Gasteiger partial charge in [0.25, 0.3) is 0 Å². The van der Waals surface area contributed by atoms with Crippen LogP contribution in [-0.2, 0) is 2.79 Å². The second kappa shape index (κ2) is 26.1. The summed E-state index contributed by atoms with van der Waals surface area (Å²) in [5.74, 6) is 0. The summed E-state index contributed by atoms with van der Waals surface area (Å²) in [7, 11) is -3.87. The summed E-state index contributed by atoms with van der Waals surface area (Å²) in [6.07, 6.45) is 17.9. The second-order valence-corrected chi connectivity index (χ2v) is 160. The van der Waals surface area contributed by atoms with Crippen LogP contribution in [0.4, 0.5) is 0 Å². The molecule has 0 saturated carbocycles. The molecule has 0 aliphatic rings. The average molecular weight is 971 g/mol. The molecule has 0 spiro atoms. The summed E-state index contributed by atoms with van der Waals surface area (Å²) in [6.45, 7) is 31.1. The first-order valence-corrected chi connectivity index (χ1v) is 70.2. The Morgan fingerprint density at radius 3 is 0.465 bits per heavy atom. The molecule has 0 bridgehead atoms. The van der Waals surface area contributed by atoms with Gasteiger partial charge in [-0.2, -0.15) is 0 Å². The molecule has 0 fully saturated rings. The fourth-order valence-electron chi connectivity index (χ4n) is 11.1. The average Bonchev–Trinajstić information content (AvgIpc) is 2.95. The van der Waals surface area contributed by atoms with Gasteiger partial charge in [0.1, 0.15) is 0 Å². The Morgan fingerprint density at radius 2 is 0.372 bits per heavy atom. The zero-order chi connectivity index (χ0) is 32.8. The monoisotopic (exact) mass is 978 g/mol. The van der Waals surface area contributed by atoms with Gasteiger partial charge in [-0.25, -0.2) is 0 Å². The first-order chi connectivity index (χ1) is 20.7. The predicted octanol–water partition coefficient (Wildman–Crippen LogP) is 13.5. The third-order valence-electron chi connectivity index (χ3n) is 11.5. The van der Waals surface area contributed by atoms with Gasteiger partial charge in [-0.3, -0.25) is 0 Å². The van der Waals surface area contributed by atoms with Crippen LogP contribution in [0.25, 0.3) is 0 Å². The van der Waals surface area contributed by atoms with Crippen LogP contribution in [0.3, 0.4) is 0 Å². The molecule has 0 N–H and O–H groups in total. The molecule has 0 saturated heterocycles. The Balaban J connectivity index is 8.13. The fourth-order valence-corrected chi connectivity index (χ4v) is 580. The maximum atomic E-state index is 9.25. The van der Waals surface area contributed by atoms with Crippen molar-refractivity contribution in [2.24, 2.45) is 0 Å². The molecule has 0 rings (SSSR count). The van der Waals surface area contributed by atoms with E-state index in [1.807, 2.05) is 0 Å². The van der Waals surface area contributed by atoms with Crippen molar-refractivity contribution in [1.29, 1.82) is 0 Å². The standard InChI is InChI=1S/C36H86Ge6O/c1-13-25-39(26-14-2,27-15-3)37(40(28-16-4,29-17-5)30-18-6)43-38(41(31-19-7,32-20-8)33-21-9)42(34-22-10,35-23-11)36-24-12/h37-38H,13-36H2,1-12H3. The molecule has 0 atom stereocenters. The van der Waals surface area contributed by atoms with Gasteiger partial charge >= 0.3 is 293 Å². The quantitative estimate of drug-likeness (QED) is 0.0652. The molecule has 0 aromatic rings. The third-order valence-corrected chi connectivity index (χ3v) is 321. The molecule has 0 radical (unpaired) electrons. The van der Waals surface area contributed by atoms with Crippen LogP contribution < -0.4 is 0 Å². The molecule has 0 unspecified atom stereocenters. The van der Waals surface area contributed by atoms with Gasteiger partial charge in [-0.05, 0) is 0 Å². The van der Waals surface area contributed by atoms with Crippen molar-refractivity contribution in [1.82, 2.24) is 0 Å². The van der Waals surface area contributed by atoms with E-state index in [0.29, 0.717) is 0 Å². The van der Waals surface area contributed by atoms with Gasteiger partial charge in [-0.1, -0.05) is 0 Å². The van der Waals surface area contributed by atoms with Crippen LogP contribution in [0.5, 0.6) is 0 Å². The molecule has 0 aromatic carbocycles. The van der Waals surface area contributed by atoms with E-state index in [4.69, 9.17) is 0 Å². The van der Waals surface area contributed by atoms with E-state index in [2.05, 4.69) is 83.1 Å². The molecule has 1 nitrogen and oxygen atoms in total. The summed E-state index contributed by atoms with van der Waals surface area (Å²) in [6, 6.07) is 0. The van der Waals surface area contributed by atoms with Gasteiger partial charge in [0.15, 0.2) is 0 Å². The molecular weight excluding hydrogens is 884 g/mol. The topological polar surface area (TPSA) is 9.23 Å². The third kappa shape index (κ3) is 13.5. The van der Waals surface area contributed by atoms with E-state index >= 15 is 0 Å². The van der Waals surface area contributed by atoms with Gasteiger partial charge in [0, 0.05) is 0 Å². The van der Waals surface area contributed by atoms with Gasteiger partial charge in [0.2, 0.25) is 0 Å². The van der Waals surface area contributed by atoms with Crippen LogP contribution in [0.2, 0.25) is 63.0 Å². The molecule has 260 valence electrons. The van der Waals surface area contributed by atoms with E-state index in [9.17, 15) is 2.79 Å². The van der Waals surface area contributed by atoms with Crippen molar-refractivity contribution in [3.63, 3.8) is 0 Å². The SMILES string of the molecule is CC[CH2][Ge]([CH2]CC)([CH2]CC)[GeH]([O][GeH]([Ge]([CH2]CC)([CH2]CC)[CH2]CC)[Ge]([CH2]CC)([CH2]CC)[CH2]CC)[Ge]([CH2]CC)([CH2]CC)[CH2]CC. The maximum absolute atomic E-state index is 9.25. The summed E-state index contributed by atoms with van der Waals surface area (Å²) in [5, 5.41) is 20.6. The van der Waals surface area contributed by atoms with Gasteiger partial charge in [0.05, 0.1) is 0 Å². The van der Waals surface area contributed by atoms with Crippen LogP contribution in [-0.4, -0.2) is 66.7 Å². The summed E-state index contributed by atoms with van der Waals surface area (Å²) in [4.78, 5) is 0. The molecule has 0 aromatic heterocycles. The minimum atomic E-state index is -2.09. The Hall–Kier alpha value is 3.22. The van der Waals surface area contributed by atoms with Crippen LogP contribution in [0, 0.1) is 0 Å². The van der Waals surface area contributed by atoms with Crippen molar-refractivity contribution in [2.45, 2.75) is 223 Å². The first-order valence-electron chi connectivity index (χ1n) is 20.4. The van der Waals surface area contributed by atoms with Gasteiger partial charge < -0.3 is 0 Å². The van der Waals surface area contributed by atoms with E-state index in [1.165, 1.54) is 77.0 Å². The van der Waals surface area contributed by atoms with Crippen molar-refractivity contribution >= 4 is 66.7 Å². The predicted molar refractivity (Wildman–Crippen MR) is 220 cm³/mol. The Morgan fingerprint density at radius 1 is 0.256 bits per heavy atom. The Kier molecular flexibility index (Phi) is 28.0. The first kappa shape index (κ1) is 46.2. The second-order valence-electron chi connectivity index (χ2n) is 15.3. The van der Waals surface area contributed by atoms with Crippen molar-refractivity contribution in [3.8, 4) is 0 Å². The molecule has 0 aliphatic heterocycles. The zero-order valence-electron chi connectivity index (χ0n) is 32.5. The molecular formula is C36H86Ge6O. The number of rotatable bonds is 30. The molecule has 0 heterocycles. The van der Waals surface area contributed by atoms with E-state index in [-0.39, 0.29) is 0 Å². The van der Waals surface area contributed by atoms with Crippen molar-refractivity contribution in [3.05, 3.63) is 0 Å². The molecule has 7 heteroatoms. The molecule has 0 amide bonds. The van der Waals surface area contributed by atoms with E-state index < -0.39 is 66.7 Å². The summed E-state index contributed by atoms with van der Waals surface area (Å²) < 4.78 is 9.25. The van der Waals surface area contributed by atoms with Crippen LogP contribution >= 0.6 is 0 Å². The Bertz CT molecular complexity index is 486. The van der Waals surface area contributed by atoms with Crippen LogP contribution in [0.1, 0.15) is 160 Å². The van der Waals surface area contributed by atoms with Gasteiger partial charge in [-0.15, -0.1) is 0 Å². The zero-order valence-corrected chi connectivity index (χ0v) is 45.8. The van der Waals surface area contributed by atoms with Crippen molar-refractivity contribution in [2.75, 3.05) is 0 Å². The minimum absolute atomic E-state index is 1.49. The molecule has 0 aliphatic carbocycles. The normalized spacial score (nSPS) is 13.5. The summed E-state index contributed by atoms with van der Waals surface area (Å²) in [5.41, 5.74) is 0. The number of hydrogen-bond donors (Lipinski definition) is 0. The van der Waals surface area contributed by atoms with Crippen molar-refractivity contribution < 1.29 is 2.79 Å². The molecule has 43 heavy (non-hydrogen) atoms. The van der Waals surface area contributed by atoms with E-state index in [0.717, 1.165) is 0 Å². The van der Waals surface area contributed by atoms with Crippen LogP contribution in [0.15, 0.2) is 0 Å². The summed E-state index contributed by atoms with van der Waals surface area (Å²) >= 11 is -8.34.